The monoisotopic (exact) mass is 225 g/mol. The minimum absolute atomic E-state index is 0.211. The summed E-state index contributed by atoms with van der Waals surface area (Å²) in [6.07, 6.45) is 7.46. The van der Waals surface area contributed by atoms with Crippen molar-refractivity contribution in [1.82, 2.24) is 5.32 Å². The van der Waals surface area contributed by atoms with Crippen LogP contribution in [0.25, 0.3) is 0 Å². The molecule has 2 N–H and O–H groups in total. The van der Waals surface area contributed by atoms with Gasteiger partial charge in [-0.05, 0) is 32.1 Å². The first kappa shape index (κ1) is 11.9. The van der Waals surface area contributed by atoms with Crippen LogP contribution in [0, 0.1) is 5.92 Å². The summed E-state index contributed by atoms with van der Waals surface area (Å²) in [6.45, 7) is 5.57. The van der Waals surface area contributed by atoms with Crippen molar-refractivity contribution in [3.63, 3.8) is 0 Å². The van der Waals surface area contributed by atoms with Gasteiger partial charge in [-0.2, -0.15) is 0 Å². The van der Waals surface area contributed by atoms with Crippen molar-refractivity contribution >= 4 is 5.91 Å². The summed E-state index contributed by atoms with van der Waals surface area (Å²) in [7, 11) is 0. The van der Waals surface area contributed by atoms with Gasteiger partial charge in [-0.3, -0.25) is 4.79 Å². The molecule has 1 unspecified atom stereocenters. The van der Waals surface area contributed by atoms with Gasteiger partial charge in [-0.15, -0.1) is 0 Å². The standard InChI is InChI=1S/C13H24N2O/c1-2-13(16)14-10-11-6-5-9-15-8-4-3-7-12(11)15/h11-12H,2-10H2,1H3,(H,14,16)/p+1/t11-,12+/m0/s1. The molecule has 2 saturated heterocycles. The summed E-state index contributed by atoms with van der Waals surface area (Å²) in [4.78, 5) is 13.1. The Morgan fingerprint density at radius 2 is 2.06 bits per heavy atom. The van der Waals surface area contributed by atoms with E-state index in [0.29, 0.717) is 6.42 Å². The molecule has 2 fully saturated rings. The maximum absolute atomic E-state index is 11.3. The van der Waals surface area contributed by atoms with Gasteiger partial charge in [0, 0.05) is 18.9 Å². The Hall–Kier alpha value is -0.570. The Bertz CT molecular complexity index is 240. The van der Waals surface area contributed by atoms with E-state index < -0.39 is 0 Å². The molecule has 3 heteroatoms. The SMILES string of the molecule is CCC(=O)NC[C@@H]1CCC[NH+]2CCCC[C@H]12. The van der Waals surface area contributed by atoms with Crippen molar-refractivity contribution in [3.8, 4) is 0 Å². The van der Waals surface area contributed by atoms with Crippen molar-refractivity contribution in [3.05, 3.63) is 0 Å². The van der Waals surface area contributed by atoms with Gasteiger partial charge < -0.3 is 10.2 Å². The molecular weight excluding hydrogens is 200 g/mol. The highest BCUT2D eigenvalue weighted by Gasteiger charge is 2.36. The van der Waals surface area contributed by atoms with E-state index >= 15 is 0 Å². The molecule has 0 aliphatic carbocycles. The highest BCUT2D eigenvalue weighted by atomic mass is 16.1. The summed E-state index contributed by atoms with van der Waals surface area (Å²) >= 11 is 0. The zero-order valence-corrected chi connectivity index (χ0v) is 10.4. The molecule has 3 nitrogen and oxygen atoms in total. The average Bonchev–Trinajstić information content (AvgIpc) is 2.35. The highest BCUT2D eigenvalue weighted by Crippen LogP contribution is 2.19. The van der Waals surface area contributed by atoms with Crippen LogP contribution in [0.1, 0.15) is 45.4 Å². The van der Waals surface area contributed by atoms with Crippen LogP contribution in [0.4, 0.5) is 0 Å². The fourth-order valence-electron chi connectivity index (χ4n) is 3.39. The second kappa shape index (κ2) is 5.67. The Kier molecular flexibility index (Phi) is 4.22. The lowest BCUT2D eigenvalue weighted by atomic mass is 9.83. The smallest absolute Gasteiger partial charge is 0.219 e. The van der Waals surface area contributed by atoms with Gasteiger partial charge >= 0.3 is 0 Å². The number of fused-ring (bicyclic) bond motifs is 1. The molecule has 0 aromatic carbocycles. The van der Waals surface area contributed by atoms with Crippen molar-refractivity contribution in [1.29, 1.82) is 0 Å². The molecule has 3 atom stereocenters. The first-order valence-corrected chi connectivity index (χ1v) is 6.92. The minimum Gasteiger partial charge on any atom is -0.356 e. The number of rotatable bonds is 3. The third kappa shape index (κ3) is 2.76. The third-order valence-electron chi connectivity index (χ3n) is 4.31. The van der Waals surface area contributed by atoms with Crippen LogP contribution in [0.5, 0.6) is 0 Å². The molecule has 0 radical (unpaired) electrons. The zero-order chi connectivity index (χ0) is 11.4. The Morgan fingerprint density at radius 1 is 1.25 bits per heavy atom. The van der Waals surface area contributed by atoms with Gasteiger partial charge in [-0.25, -0.2) is 0 Å². The van der Waals surface area contributed by atoms with E-state index in [2.05, 4.69) is 5.32 Å². The number of carbonyl (C=O) groups is 1. The van der Waals surface area contributed by atoms with Crippen LogP contribution in [-0.4, -0.2) is 31.6 Å². The summed E-state index contributed by atoms with van der Waals surface area (Å²) < 4.78 is 0. The van der Waals surface area contributed by atoms with E-state index in [-0.39, 0.29) is 5.91 Å². The highest BCUT2D eigenvalue weighted by molar-refractivity contribution is 5.75. The van der Waals surface area contributed by atoms with E-state index in [1.807, 2.05) is 11.8 Å². The van der Waals surface area contributed by atoms with Crippen molar-refractivity contribution < 1.29 is 9.69 Å². The molecule has 0 saturated carbocycles. The van der Waals surface area contributed by atoms with Gasteiger partial charge in [-0.1, -0.05) is 6.92 Å². The van der Waals surface area contributed by atoms with E-state index in [1.165, 1.54) is 45.2 Å². The lowest BCUT2D eigenvalue weighted by Gasteiger charge is -2.41. The molecule has 92 valence electrons. The fraction of sp³-hybridized carbons (Fsp3) is 0.923. The number of carbonyl (C=O) groups excluding carboxylic acids is 1. The molecule has 0 bridgehead atoms. The quantitative estimate of drug-likeness (QED) is 0.714. The first-order valence-electron chi connectivity index (χ1n) is 6.92. The molecule has 2 rings (SSSR count). The largest absolute Gasteiger partial charge is 0.356 e. The van der Waals surface area contributed by atoms with Gasteiger partial charge in [0.05, 0.1) is 19.1 Å². The third-order valence-corrected chi connectivity index (χ3v) is 4.31. The summed E-state index contributed by atoms with van der Waals surface area (Å²) in [6, 6.07) is 0.833. The lowest BCUT2D eigenvalue weighted by molar-refractivity contribution is -0.939. The van der Waals surface area contributed by atoms with E-state index in [9.17, 15) is 4.79 Å². The molecule has 2 heterocycles. The van der Waals surface area contributed by atoms with Gasteiger partial charge in [0.25, 0.3) is 0 Å². The molecule has 16 heavy (non-hydrogen) atoms. The van der Waals surface area contributed by atoms with Crippen LogP contribution in [0.3, 0.4) is 0 Å². The molecule has 2 aliphatic heterocycles. The number of piperidine rings is 2. The van der Waals surface area contributed by atoms with Crippen molar-refractivity contribution in [2.75, 3.05) is 19.6 Å². The predicted octanol–water partition coefficient (Wildman–Crippen LogP) is 0.360. The summed E-state index contributed by atoms with van der Waals surface area (Å²) in [5.74, 6) is 0.947. The second-order valence-corrected chi connectivity index (χ2v) is 5.32. The predicted molar refractivity (Wildman–Crippen MR) is 64.4 cm³/mol. The molecule has 1 amide bonds. The van der Waals surface area contributed by atoms with E-state index in [4.69, 9.17) is 0 Å². The Labute approximate surface area is 98.6 Å². The van der Waals surface area contributed by atoms with Gasteiger partial charge in [0.2, 0.25) is 5.91 Å². The second-order valence-electron chi connectivity index (χ2n) is 5.32. The minimum atomic E-state index is 0.211. The van der Waals surface area contributed by atoms with Gasteiger partial charge in [0.1, 0.15) is 0 Å². The number of hydrogen-bond donors (Lipinski definition) is 2. The maximum Gasteiger partial charge on any atom is 0.219 e. The van der Waals surface area contributed by atoms with Crippen LogP contribution < -0.4 is 10.2 Å². The normalized spacial score (nSPS) is 34.2. The van der Waals surface area contributed by atoms with Crippen molar-refractivity contribution in [2.24, 2.45) is 5.92 Å². The molecule has 0 aromatic heterocycles. The first-order chi connectivity index (χ1) is 7.81. The van der Waals surface area contributed by atoms with E-state index in [1.54, 1.807) is 0 Å². The molecule has 2 aliphatic rings. The summed E-state index contributed by atoms with van der Waals surface area (Å²) in [5.41, 5.74) is 0. The van der Waals surface area contributed by atoms with Gasteiger partial charge in [0.15, 0.2) is 0 Å². The molecule has 0 aromatic rings. The Balaban J connectivity index is 1.85. The fourth-order valence-corrected chi connectivity index (χ4v) is 3.39. The van der Waals surface area contributed by atoms with Crippen LogP contribution in [0.2, 0.25) is 0 Å². The number of nitrogens with one attached hydrogen (secondary N) is 2. The molecule has 0 spiro atoms. The average molecular weight is 225 g/mol. The maximum atomic E-state index is 11.3. The van der Waals surface area contributed by atoms with E-state index in [0.717, 1.165) is 18.5 Å². The zero-order valence-electron chi connectivity index (χ0n) is 10.4. The Morgan fingerprint density at radius 3 is 2.88 bits per heavy atom. The summed E-state index contributed by atoms with van der Waals surface area (Å²) in [5, 5.41) is 3.08. The number of hydrogen-bond acceptors (Lipinski definition) is 1. The van der Waals surface area contributed by atoms with Crippen molar-refractivity contribution in [2.45, 2.75) is 51.5 Å². The number of amides is 1. The van der Waals surface area contributed by atoms with Crippen LogP contribution in [0.15, 0.2) is 0 Å². The van der Waals surface area contributed by atoms with Crippen LogP contribution >= 0.6 is 0 Å². The topological polar surface area (TPSA) is 33.5 Å². The molecular formula is C13H25N2O+. The van der Waals surface area contributed by atoms with Crippen LogP contribution in [-0.2, 0) is 4.79 Å². The lowest BCUT2D eigenvalue weighted by Crippen LogP contribution is -3.18. The number of quaternary nitrogens is 1.